The smallest absolute Gasteiger partial charge is 0.410 e. The van der Waals surface area contributed by atoms with E-state index in [1.54, 1.807) is 4.90 Å². The van der Waals surface area contributed by atoms with Crippen molar-refractivity contribution in [2.45, 2.75) is 32.1 Å². The quantitative estimate of drug-likeness (QED) is 0.711. The number of carboxylic acids is 1. The van der Waals surface area contributed by atoms with Crippen LogP contribution in [-0.2, 0) is 27.5 Å². The Morgan fingerprint density at radius 2 is 1.50 bits per heavy atom. The summed E-state index contributed by atoms with van der Waals surface area (Å²) in [6, 6.07) is 18.2. The second-order valence-electron chi connectivity index (χ2n) is 8.36. The summed E-state index contributed by atoms with van der Waals surface area (Å²) in [7, 11) is 0. The van der Waals surface area contributed by atoms with Crippen LogP contribution in [0.15, 0.2) is 60.7 Å². The van der Waals surface area contributed by atoms with Crippen LogP contribution in [0.4, 0.5) is 9.59 Å². The number of rotatable bonds is 7. The Balaban J connectivity index is 1.41. The monoisotopic (exact) mass is 438 g/mol. The molecule has 2 aliphatic rings. The van der Waals surface area contributed by atoms with Gasteiger partial charge in [0.1, 0.15) is 19.8 Å². The fourth-order valence-corrected chi connectivity index (χ4v) is 4.23. The lowest BCUT2D eigenvalue weighted by Gasteiger charge is -2.30. The van der Waals surface area contributed by atoms with E-state index < -0.39 is 30.7 Å². The maximum atomic E-state index is 12.8. The Hall–Kier alpha value is -3.55. The third-order valence-corrected chi connectivity index (χ3v) is 6.08. The number of amides is 2. The van der Waals surface area contributed by atoms with E-state index in [4.69, 9.17) is 9.47 Å². The first kappa shape index (κ1) is 21.7. The first-order valence-electron chi connectivity index (χ1n) is 10.6. The predicted octanol–water partition coefficient (Wildman–Crippen LogP) is 3.51. The van der Waals surface area contributed by atoms with Gasteiger partial charge in [0.05, 0.1) is 6.04 Å². The van der Waals surface area contributed by atoms with Crippen LogP contribution in [0.3, 0.4) is 0 Å². The molecule has 0 bridgehead atoms. The molecule has 1 aliphatic carbocycles. The summed E-state index contributed by atoms with van der Waals surface area (Å²) in [5.74, 6) is -1.12. The minimum absolute atomic E-state index is 0.0539. The van der Waals surface area contributed by atoms with Gasteiger partial charge < -0.3 is 19.5 Å². The van der Waals surface area contributed by atoms with Crippen molar-refractivity contribution < 1.29 is 29.0 Å². The molecule has 0 radical (unpaired) electrons. The molecule has 1 atom stereocenters. The predicted molar refractivity (Wildman–Crippen MR) is 115 cm³/mol. The number of likely N-dealkylation sites (tertiary alicyclic amines) is 1. The third-order valence-electron chi connectivity index (χ3n) is 6.08. The number of carbonyl (C=O) groups excluding carboxylic acids is 2. The minimum atomic E-state index is -1.12. The molecule has 1 aliphatic heterocycles. The number of nitrogens with zero attached hydrogens (tertiary/aromatic N) is 2. The maximum Gasteiger partial charge on any atom is 0.410 e. The molecule has 2 amide bonds. The molecule has 1 saturated heterocycles. The van der Waals surface area contributed by atoms with E-state index in [0.717, 1.165) is 24.0 Å². The lowest BCUT2D eigenvalue weighted by molar-refractivity contribution is -0.138. The van der Waals surface area contributed by atoms with Crippen molar-refractivity contribution in [1.29, 1.82) is 0 Å². The van der Waals surface area contributed by atoms with Crippen LogP contribution < -0.4 is 0 Å². The summed E-state index contributed by atoms with van der Waals surface area (Å²) in [6.07, 6.45) is 0.493. The van der Waals surface area contributed by atoms with Gasteiger partial charge in [0, 0.05) is 18.5 Å². The minimum Gasteiger partial charge on any atom is -0.480 e. The lowest BCUT2D eigenvalue weighted by atomic mass is 9.99. The molecule has 1 heterocycles. The largest absolute Gasteiger partial charge is 0.480 e. The highest BCUT2D eigenvalue weighted by atomic mass is 16.6. The number of benzene rings is 2. The molecule has 1 N–H and O–H groups in total. The molecule has 0 aromatic heterocycles. The molecular formula is C24H26N2O6. The molecule has 0 unspecified atom stereocenters. The number of carbonyl (C=O) groups is 3. The van der Waals surface area contributed by atoms with E-state index in [-0.39, 0.29) is 25.2 Å². The summed E-state index contributed by atoms with van der Waals surface area (Å²) >= 11 is 0. The highest BCUT2D eigenvalue weighted by Crippen LogP contribution is 2.54. The molecule has 1 spiro atoms. The fraction of sp³-hybridized carbons (Fsp3) is 0.375. The van der Waals surface area contributed by atoms with Gasteiger partial charge in [0.25, 0.3) is 0 Å². The number of hydrogen-bond acceptors (Lipinski definition) is 5. The lowest BCUT2D eigenvalue weighted by Crippen LogP contribution is -2.48. The van der Waals surface area contributed by atoms with E-state index in [0.29, 0.717) is 6.54 Å². The molecule has 168 valence electrons. The molecular weight excluding hydrogens is 412 g/mol. The Labute approximate surface area is 186 Å². The fourth-order valence-electron chi connectivity index (χ4n) is 4.23. The van der Waals surface area contributed by atoms with Gasteiger partial charge in [-0.3, -0.25) is 9.69 Å². The second kappa shape index (κ2) is 9.30. The van der Waals surface area contributed by atoms with Gasteiger partial charge in [-0.15, -0.1) is 0 Å². The van der Waals surface area contributed by atoms with Crippen LogP contribution in [0.25, 0.3) is 0 Å². The van der Waals surface area contributed by atoms with Crippen LogP contribution in [-0.4, -0.2) is 58.7 Å². The van der Waals surface area contributed by atoms with Crippen LogP contribution in [0.2, 0.25) is 0 Å². The Kier molecular flexibility index (Phi) is 6.30. The molecule has 2 aromatic rings. The zero-order chi connectivity index (χ0) is 22.6. The highest BCUT2D eigenvalue weighted by Gasteiger charge is 2.59. The number of hydrogen-bond donors (Lipinski definition) is 1. The van der Waals surface area contributed by atoms with Crippen molar-refractivity contribution in [2.75, 3.05) is 19.6 Å². The van der Waals surface area contributed by atoms with Gasteiger partial charge in [0.15, 0.2) is 0 Å². The van der Waals surface area contributed by atoms with Crippen molar-refractivity contribution in [3.05, 3.63) is 71.8 Å². The summed E-state index contributed by atoms with van der Waals surface area (Å²) in [5, 5.41) is 9.40. The first-order chi connectivity index (χ1) is 15.5. The Morgan fingerprint density at radius 1 is 0.938 bits per heavy atom. The zero-order valence-electron chi connectivity index (χ0n) is 17.7. The number of carboxylic acid groups (broad SMARTS) is 1. The summed E-state index contributed by atoms with van der Waals surface area (Å²) in [4.78, 5) is 39.8. The van der Waals surface area contributed by atoms with Crippen LogP contribution in [0.5, 0.6) is 0 Å². The Bertz CT molecular complexity index is 961. The first-order valence-corrected chi connectivity index (χ1v) is 10.6. The van der Waals surface area contributed by atoms with Crippen molar-refractivity contribution in [3.8, 4) is 0 Å². The average Bonchev–Trinajstić information content (AvgIpc) is 3.48. The molecule has 32 heavy (non-hydrogen) atoms. The van der Waals surface area contributed by atoms with Gasteiger partial charge in [-0.05, 0) is 24.0 Å². The van der Waals surface area contributed by atoms with Crippen LogP contribution in [0.1, 0.15) is 24.0 Å². The highest BCUT2D eigenvalue weighted by molar-refractivity contribution is 5.77. The van der Waals surface area contributed by atoms with Crippen molar-refractivity contribution >= 4 is 18.2 Å². The summed E-state index contributed by atoms with van der Waals surface area (Å²) < 4.78 is 10.9. The van der Waals surface area contributed by atoms with E-state index >= 15 is 0 Å². The maximum absolute atomic E-state index is 12.8. The second-order valence-corrected chi connectivity index (χ2v) is 8.36. The normalized spacial score (nSPS) is 18.2. The van der Waals surface area contributed by atoms with E-state index in [9.17, 15) is 19.5 Å². The van der Waals surface area contributed by atoms with E-state index in [1.807, 2.05) is 60.7 Å². The van der Waals surface area contributed by atoms with Crippen molar-refractivity contribution in [3.63, 3.8) is 0 Å². The molecule has 1 saturated carbocycles. The molecule has 2 fully saturated rings. The van der Waals surface area contributed by atoms with Gasteiger partial charge in [-0.25, -0.2) is 9.59 Å². The van der Waals surface area contributed by atoms with Gasteiger partial charge in [-0.2, -0.15) is 0 Å². The number of aliphatic carboxylic acids is 1. The SMILES string of the molecule is O=C(O)CN(C(=O)OCc1ccccc1)[C@H]1CN(C(=O)OCc2ccccc2)CC12CC2. The summed E-state index contributed by atoms with van der Waals surface area (Å²) in [5.41, 5.74) is 1.40. The average molecular weight is 438 g/mol. The zero-order valence-corrected chi connectivity index (χ0v) is 17.7. The summed E-state index contributed by atoms with van der Waals surface area (Å²) in [6.45, 7) is 0.395. The third kappa shape index (κ3) is 5.01. The van der Waals surface area contributed by atoms with Crippen LogP contribution in [0, 0.1) is 5.41 Å². The molecule has 2 aromatic carbocycles. The van der Waals surface area contributed by atoms with Crippen LogP contribution >= 0.6 is 0 Å². The van der Waals surface area contributed by atoms with E-state index in [1.165, 1.54) is 4.90 Å². The topological polar surface area (TPSA) is 96.4 Å². The van der Waals surface area contributed by atoms with Crippen molar-refractivity contribution in [2.24, 2.45) is 5.41 Å². The standard InChI is InChI=1S/C24H26N2O6/c27-21(28)14-26(23(30)32-16-19-9-5-2-6-10-19)20-13-25(17-24(20)11-12-24)22(29)31-15-18-7-3-1-4-8-18/h1-10,20H,11-17H2,(H,27,28)/t20-/m0/s1. The molecule has 4 rings (SSSR count). The van der Waals surface area contributed by atoms with Gasteiger partial charge >= 0.3 is 18.2 Å². The molecule has 8 nitrogen and oxygen atoms in total. The number of ether oxygens (including phenoxy) is 2. The van der Waals surface area contributed by atoms with E-state index in [2.05, 4.69) is 0 Å². The van der Waals surface area contributed by atoms with Gasteiger partial charge in [-0.1, -0.05) is 60.7 Å². The molecule has 8 heteroatoms. The van der Waals surface area contributed by atoms with Gasteiger partial charge in [0.2, 0.25) is 0 Å². The Morgan fingerprint density at radius 3 is 2.03 bits per heavy atom. The van der Waals surface area contributed by atoms with Crippen molar-refractivity contribution in [1.82, 2.24) is 9.80 Å².